The number of para-hydroxylation sites is 2. The van der Waals surface area contributed by atoms with Crippen molar-refractivity contribution in [3.8, 4) is 11.5 Å². The number of hydrogen-bond acceptors (Lipinski definition) is 4. The topological polar surface area (TPSA) is 29.5 Å². The molecule has 0 radical (unpaired) electrons. The van der Waals surface area contributed by atoms with E-state index in [1.807, 2.05) is 85.8 Å². The van der Waals surface area contributed by atoms with Crippen LogP contribution >= 0.6 is 24.0 Å². The van der Waals surface area contributed by atoms with Crippen LogP contribution in [0.5, 0.6) is 11.5 Å². The third-order valence-electron chi connectivity index (χ3n) is 5.14. The van der Waals surface area contributed by atoms with Crippen molar-refractivity contribution in [1.29, 1.82) is 0 Å². The van der Waals surface area contributed by atoms with Crippen LogP contribution in [0.3, 0.4) is 0 Å². The van der Waals surface area contributed by atoms with E-state index in [1.165, 1.54) is 11.8 Å². The summed E-state index contributed by atoms with van der Waals surface area (Å²) in [6.07, 6.45) is 1.90. The molecule has 0 spiro atoms. The predicted octanol–water partition coefficient (Wildman–Crippen LogP) is 6.09. The summed E-state index contributed by atoms with van der Waals surface area (Å²) in [6.45, 7) is 2.02. The second kappa shape index (κ2) is 7.17. The Balaban J connectivity index is 1.63. The molecule has 0 unspecified atom stereocenters. The molecule has 142 valence electrons. The van der Waals surface area contributed by atoms with Gasteiger partial charge in [0.05, 0.1) is 10.9 Å². The van der Waals surface area contributed by atoms with Gasteiger partial charge in [0, 0.05) is 11.1 Å². The van der Waals surface area contributed by atoms with Crippen molar-refractivity contribution < 1.29 is 9.53 Å². The number of carbonyl (C=O) groups is 1. The number of ether oxygens (including phenoxy) is 1. The maximum Gasteiger partial charge on any atom is 0.267 e. The summed E-state index contributed by atoms with van der Waals surface area (Å²) in [5.41, 5.74) is 3.92. The molecule has 3 nitrogen and oxygen atoms in total. The van der Waals surface area contributed by atoms with E-state index < -0.39 is 0 Å². The van der Waals surface area contributed by atoms with Crippen LogP contribution in [-0.2, 0) is 4.79 Å². The van der Waals surface area contributed by atoms with Gasteiger partial charge in [-0.15, -0.1) is 0 Å². The summed E-state index contributed by atoms with van der Waals surface area (Å²) in [6, 6.07) is 23.4. The van der Waals surface area contributed by atoms with E-state index in [0.29, 0.717) is 9.23 Å². The molecule has 29 heavy (non-hydrogen) atoms. The van der Waals surface area contributed by atoms with E-state index in [4.69, 9.17) is 17.0 Å². The zero-order valence-corrected chi connectivity index (χ0v) is 17.3. The number of benzene rings is 3. The van der Waals surface area contributed by atoms with E-state index in [0.717, 1.165) is 33.8 Å². The first kappa shape index (κ1) is 18.2. The predicted molar refractivity (Wildman–Crippen MR) is 121 cm³/mol. The van der Waals surface area contributed by atoms with Gasteiger partial charge in [-0.1, -0.05) is 90.7 Å². The second-order valence-corrected chi connectivity index (χ2v) is 8.67. The highest BCUT2D eigenvalue weighted by molar-refractivity contribution is 8.26. The van der Waals surface area contributed by atoms with Gasteiger partial charge in [0.25, 0.3) is 5.91 Å². The van der Waals surface area contributed by atoms with Crippen LogP contribution < -0.4 is 4.74 Å². The van der Waals surface area contributed by atoms with Gasteiger partial charge in [-0.2, -0.15) is 0 Å². The molecule has 2 aliphatic heterocycles. The number of hydrogen-bond donors (Lipinski definition) is 0. The lowest BCUT2D eigenvalue weighted by molar-refractivity contribution is -0.123. The molecule has 0 N–H and O–H groups in total. The van der Waals surface area contributed by atoms with Gasteiger partial charge in [0.1, 0.15) is 15.8 Å². The lowest BCUT2D eigenvalue weighted by atomic mass is 9.92. The SMILES string of the molecule is Cc1cccc2c1Oc1ccccc1[C@@H]2N1C(=O)/C(=C/c2ccccc2)SC1=S. The molecular formula is C24H17NO2S2. The number of nitrogens with zero attached hydrogens (tertiary/aromatic N) is 1. The standard InChI is InChI=1S/C24H17NO2S2/c1-15-8-7-12-18-21(17-11-5-6-13-19(17)27-22(15)18)25-23(26)20(29-24(25)28)14-16-9-3-2-4-10-16/h2-14,21H,1H3/b20-14-/t21-/m0/s1. The van der Waals surface area contributed by atoms with Crippen LogP contribution in [0.4, 0.5) is 0 Å². The number of aryl methyl sites for hydroxylation is 1. The minimum atomic E-state index is -0.302. The maximum atomic E-state index is 13.4. The van der Waals surface area contributed by atoms with E-state index >= 15 is 0 Å². The molecule has 1 fully saturated rings. The molecule has 5 rings (SSSR count). The Kier molecular flexibility index (Phi) is 4.49. The van der Waals surface area contributed by atoms with Gasteiger partial charge < -0.3 is 4.74 Å². The first-order chi connectivity index (χ1) is 14.1. The minimum Gasteiger partial charge on any atom is -0.456 e. The fraction of sp³-hybridized carbons (Fsp3) is 0.0833. The Hall–Kier alpha value is -2.89. The zero-order valence-electron chi connectivity index (χ0n) is 15.7. The molecule has 3 aromatic rings. The highest BCUT2D eigenvalue weighted by atomic mass is 32.2. The lowest BCUT2D eigenvalue weighted by Gasteiger charge is -2.34. The molecule has 0 aliphatic carbocycles. The molecule has 0 saturated carbocycles. The van der Waals surface area contributed by atoms with Crippen molar-refractivity contribution in [2.45, 2.75) is 13.0 Å². The van der Waals surface area contributed by atoms with Crippen molar-refractivity contribution in [1.82, 2.24) is 4.90 Å². The molecule has 1 atom stereocenters. The number of rotatable bonds is 2. The molecule has 1 saturated heterocycles. The van der Waals surface area contributed by atoms with Gasteiger partial charge in [-0.3, -0.25) is 9.69 Å². The molecule has 0 aromatic heterocycles. The third-order valence-corrected chi connectivity index (χ3v) is 6.47. The summed E-state index contributed by atoms with van der Waals surface area (Å²) in [7, 11) is 0. The monoisotopic (exact) mass is 415 g/mol. The summed E-state index contributed by atoms with van der Waals surface area (Å²) < 4.78 is 6.75. The summed E-state index contributed by atoms with van der Waals surface area (Å²) in [4.78, 5) is 15.8. The largest absolute Gasteiger partial charge is 0.456 e. The number of fused-ring (bicyclic) bond motifs is 2. The number of thioether (sulfide) groups is 1. The quantitative estimate of drug-likeness (QED) is 0.374. The van der Waals surface area contributed by atoms with Gasteiger partial charge in [-0.25, -0.2) is 0 Å². The second-order valence-electron chi connectivity index (χ2n) is 7.00. The Morgan fingerprint density at radius 2 is 1.69 bits per heavy atom. The Bertz CT molecular complexity index is 1170. The van der Waals surface area contributed by atoms with Crippen molar-refractivity contribution in [3.05, 3.63) is 100.0 Å². The van der Waals surface area contributed by atoms with Crippen LogP contribution in [-0.4, -0.2) is 15.1 Å². The minimum absolute atomic E-state index is 0.0713. The number of carbonyl (C=O) groups excluding carboxylic acids is 1. The van der Waals surface area contributed by atoms with Gasteiger partial charge in [0.2, 0.25) is 0 Å². The van der Waals surface area contributed by atoms with Crippen molar-refractivity contribution >= 4 is 40.3 Å². The number of thiocarbonyl (C=S) groups is 1. The van der Waals surface area contributed by atoms with E-state index in [9.17, 15) is 4.79 Å². The van der Waals surface area contributed by atoms with Crippen LogP contribution in [0.2, 0.25) is 0 Å². The van der Waals surface area contributed by atoms with E-state index in [2.05, 4.69) is 0 Å². The van der Waals surface area contributed by atoms with Gasteiger partial charge >= 0.3 is 0 Å². The molecule has 2 aliphatic rings. The lowest BCUT2D eigenvalue weighted by Crippen LogP contribution is -2.35. The average Bonchev–Trinajstić information content (AvgIpc) is 3.01. The first-order valence-corrected chi connectivity index (χ1v) is 10.5. The molecule has 1 amide bonds. The average molecular weight is 416 g/mol. The molecule has 2 heterocycles. The Morgan fingerprint density at radius 1 is 0.966 bits per heavy atom. The fourth-order valence-electron chi connectivity index (χ4n) is 3.79. The Morgan fingerprint density at radius 3 is 2.52 bits per heavy atom. The maximum absolute atomic E-state index is 13.4. The molecule has 0 bridgehead atoms. The van der Waals surface area contributed by atoms with Crippen LogP contribution in [0.1, 0.15) is 28.3 Å². The first-order valence-electron chi connectivity index (χ1n) is 9.32. The molecule has 5 heteroatoms. The van der Waals surface area contributed by atoms with E-state index in [1.54, 1.807) is 4.90 Å². The highest BCUT2D eigenvalue weighted by Gasteiger charge is 2.42. The van der Waals surface area contributed by atoms with Crippen LogP contribution in [0.25, 0.3) is 6.08 Å². The normalized spacial score (nSPS) is 19.1. The van der Waals surface area contributed by atoms with Crippen LogP contribution in [0.15, 0.2) is 77.7 Å². The van der Waals surface area contributed by atoms with Gasteiger partial charge in [0.15, 0.2) is 0 Å². The molecular weight excluding hydrogens is 398 g/mol. The third kappa shape index (κ3) is 3.07. The zero-order chi connectivity index (χ0) is 20.0. The summed E-state index contributed by atoms with van der Waals surface area (Å²) in [5, 5.41) is 0. The van der Waals surface area contributed by atoms with Crippen LogP contribution in [0, 0.1) is 6.92 Å². The number of amides is 1. The summed E-state index contributed by atoms with van der Waals surface area (Å²) in [5.74, 6) is 1.50. The summed E-state index contributed by atoms with van der Waals surface area (Å²) >= 11 is 7.02. The highest BCUT2D eigenvalue weighted by Crippen LogP contribution is 2.50. The smallest absolute Gasteiger partial charge is 0.267 e. The van der Waals surface area contributed by atoms with Crippen molar-refractivity contribution in [2.24, 2.45) is 0 Å². The Labute approximate surface area is 179 Å². The fourth-order valence-corrected chi connectivity index (χ4v) is 5.10. The van der Waals surface area contributed by atoms with E-state index in [-0.39, 0.29) is 11.9 Å². The van der Waals surface area contributed by atoms with Crippen molar-refractivity contribution in [2.75, 3.05) is 0 Å². The molecule has 3 aromatic carbocycles. The van der Waals surface area contributed by atoms with Gasteiger partial charge in [-0.05, 0) is 30.2 Å². The van der Waals surface area contributed by atoms with Crippen molar-refractivity contribution in [3.63, 3.8) is 0 Å².